The van der Waals surface area contributed by atoms with E-state index in [1.54, 1.807) is 26.0 Å². The topological polar surface area (TPSA) is 139 Å². The molecule has 3 aromatic rings. The second kappa shape index (κ2) is 10.1. The first-order valence-electron chi connectivity index (χ1n) is 11.6. The summed E-state index contributed by atoms with van der Waals surface area (Å²) in [6, 6.07) is 8.30. The molecule has 10 heteroatoms. The number of nitrogens with one attached hydrogen (secondary N) is 3. The van der Waals surface area contributed by atoms with Crippen molar-refractivity contribution in [1.29, 1.82) is 0 Å². The molecule has 2 atom stereocenters. The fourth-order valence-electron chi connectivity index (χ4n) is 3.75. The molecule has 0 radical (unpaired) electrons. The number of nitrogens with zero attached hydrogens (tertiary/aromatic N) is 2. The van der Waals surface area contributed by atoms with E-state index in [-0.39, 0.29) is 29.5 Å². The molecular formula is C25H29N5O5. The summed E-state index contributed by atoms with van der Waals surface area (Å²) in [6.45, 7) is 5.62. The van der Waals surface area contributed by atoms with E-state index in [0.717, 1.165) is 18.4 Å². The van der Waals surface area contributed by atoms with Gasteiger partial charge >= 0.3 is 5.97 Å². The molecule has 1 aliphatic carbocycles. The van der Waals surface area contributed by atoms with Crippen molar-refractivity contribution in [2.75, 3.05) is 7.11 Å². The van der Waals surface area contributed by atoms with Crippen molar-refractivity contribution in [3.8, 4) is 22.7 Å². The van der Waals surface area contributed by atoms with Gasteiger partial charge in [0.2, 0.25) is 11.7 Å². The Labute approximate surface area is 202 Å². The second-order valence-corrected chi connectivity index (χ2v) is 9.10. The first-order chi connectivity index (χ1) is 16.8. The van der Waals surface area contributed by atoms with Crippen LogP contribution in [-0.4, -0.2) is 52.2 Å². The smallest absolute Gasteiger partial charge is 0.328 e. The Morgan fingerprint density at radius 2 is 1.83 bits per heavy atom. The molecule has 0 bridgehead atoms. The number of hydrogen-bond donors (Lipinski definition) is 3. The number of rotatable bonds is 9. The van der Waals surface area contributed by atoms with Crippen LogP contribution in [-0.2, 0) is 9.53 Å². The Hall–Kier alpha value is -3.95. The molecule has 35 heavy (non-hydrogen) atoms. The van der Waals surface area contributed by atoms with Gasteiger partial charge in [0, 0.05) is 17.2 Å². The maximum Gasteiger partial charge on any atom is 0.328 e. The number of carbonyl (C=O) groups excluding carboxylic acids is 3. The molecule has 184 valence electrons. The highest BCUT2D eigenvalue weighted by Gasteiger charge is 2.29. The van der Waals surface area contributed by atoms with Crippen LogP contribution in [0.15, 0.2) is 40.9 Å². The number of oxazole rings is 1. The van der Waals surface area contributed by atoms with Crippen LogP contribution in [0.2, 0.25) is 0 Å². The SMILES string of the molecule is COC(=O)C(NC(=O)c1cnc(-c2cccc(-c3cc(C(=O)N[C@H](C)C4CC4)[nH]n3)c2)o1)C(C)C. The normalized spacial score (nSPS) is 14.9. The van der Waals surface area contributed by atoms with E-state index in [9.17, 15) is 14.4 Å². The third kappa shape index (κ3) is 5.59. The summed E-state index contributed by atoms with van der Waals surface area (Å²) >= 11 is 0. The van der Waals surface area contributed by atoms with Crippen LogP contribution in [0.5, 0.6) is 0 Å². The molecule has 1 saturated carbocycles. The second-order valence-electron chi connectivity index (χ2n) is 9.10. The lowest BCUT2D eigenvalue weighted by Crippen LogP contribution is -2.44. The maximum atomic E-state index is 12.6. The van der Waals surface area contributed by atoms with Crippen LogP contribution in [0.4, 0.5) is 0 Å². The van der Waals surface area contributed by atoms with E-state index >= 15 is 0 Å². The molecule has 0 spiro atoms. The number of aromatic nitrogens is 3. The van der Waals surface area contributed by atoms with Crippen LogP contribution >= 0.6 is 0 Å². The molecule has 1 fully saturated rings. The average Bonchev–Trinajstić information content (AvgIpc) is 3.37. The summed E-state index contributed by atoms with van der Waals surface area (Å²) in [7, 11) is 1.27. The minimum absolute atomic E-state index is 0.0246. The zero-order valence-electron chi connectivity index (χ0n) is 20.1. The number of H-pyrrole nitrogens is 1. The van der Waals surface area contributed by atoms with E-state index < -0.39 is 17.9 Å². The Bertz CT molecular complexity index is 1230. The van der Waals surface area contributed by atoms with Crippen molar-refractivity contribution in [3.63, 3.8) is 0 Å². The van der Waals surface area contributed by atoms with Gasteiger partial charge in [-0.05, 0) is 49.8 Å². The minimum Gasteiger partial charge on any atom is -0.467 e. The lowest BCUT2D eigenvalue weighted by molar-refractivity contribution is -0.144. The highest BCUT2D eigenvalue weighted by atomic mass is 16.5. The van der Waals surface area contributed by atoms with Gasteiger partial charge in [-0.2, -0.15) is 5.10 Å². The highest BCUT2D eigenvalue weighted by Crippen LogP contribution is 2.32. The van der Waals surface area contributed by atoms with Crippen LogP contribution in [0.3, 0.4) is 0 Å². The fourth-order valence-corrected chi connectivity index (χ4v) is 3.75. The first kappa shape index (κ1) is 24.2. The van der Waals surface area contributed by atoms with E-state index in [0.29, 0.717) is 22.9 Å². The molecule has 2 aromatic heterocycles. The Balaban J connectivity index is 1.47. The molecular weight excluding hydrogens is 450 g/mol. The summed E-state index contributed by atoms with van der Waals surface area (Å²) in [4.78, 5) is 41.2. The van der Waals surface area contributed by atoms with Gasteiger partial charge in [-0.3, -0.25) is 14.7 Å². The number of benzene rings is 1. The molecule has 10 nitrogen and oxygen atoms in total. The summed E-state index contributed by atoms with van der Waals surface area (Å²) in [5.74, 6) is -0.673. The van der Waals surface area contributed by atoms with Crippen molar-refractivity contribution < 1.29 is 23.5 Å². The number of aromatic amines is 1. The van der Waals surface area contributed by atoms with Gasteiger partial charge in [0.1, 0.15) is 11.7 Å². The van der Waals surface area contributed by atoms with Crippen molar-refractivity contribution in [1.82, 2.24) is 25.8 Å². The van der Waals surface area contributed by atoms with Crippen molar-refractivity contribution in [3.05, 3.63) is 48.0 Å². The quantitative estimate of drug-likeness (QED) is 0.401. The van der Waals surface area contributed by atoms with Gasteiger partial charge in [-0.25, -0.2) is 9.78 Å². The van der Waals surface area contributed by atoms with Crippen LogP contribution in [0, 0.1) is 11.8 Å². The minimum atomic E-state index is -0.803. The van der Waals surface area contributed by atoms with Crippen molar-refractivity contribution in [2.24, 2.45) is 11.8 Å². The van der Waals surface area contributed by atoms with Crippen molar-refractivity contribution in [2.45, 2.75) is 45.7 Å². The number of ether oxygens (including phenoxy) is 1. The predicted octanol–water partition coefficient (Wildman–Crippen LogP) is 3.19. The maximum absolute atomic E-state index is 12.6. The Kier molecular flexibility index (Phi) is 6.99. The summed E-state index contributed by atoms with van der Waals surface area (Å²) < 4.78 is 10.4. The average molecular weight is 480 g/mol. The molecule has 0 saturated heterocycles. The van der Waals surface area contributed by atoms with Gasteiger partial charge in [0.05, 0.1) is 19.0 Å². The van der Waals surface area contributed by atoms with Crippen LogP contribution in [0.25, 0.3) is 22.7 Å². The monoisotopic (exact) mass is 479 g/mol. The molecule has 1 aliphatic rings. The molecule has 2 amide bonds. The highest BCUT2D eigenvalue weighted by molar-refractivity contribution is 5.95. The Morgan fingerprint density at radius 1 is 1.09 bits per heavy atom. The molecule has 3 N–H and O–H groups in total. The molecule has 1 aromatic carbocycles. The first-order valence-corrected chi connectivity index (χ1v) is 11.6. The van der Waals surface area contributed by atoms with Crippen molar-refractivity contribution >= 4 is 17.8 Å². The fraction of sp³-hybridized carbons (Fsp3) is 0.400. The van der Waals surface area contributed by atoms with E-state index in [1.807, 2.05) is 25.1 Å². The largest absolute Gasteiger partial charge is 0.467 e. The third-order valence-corrected chi connectivity index (χ3v) is 6.05. The molecule has 2 heterocycles. The zero-order valence-corrected chi connectivity index (χ0v) is 20.1. The third-order valence-electron chi connectivity index (χ3n) is 6.05. The van der Waals surface area contributed by atoms with Gasteiger partial charge in [0.25, 0.3) is 11.8 Å². The van der Waals surface area contributed by atoms with Gasteiger partial charge in [-0.15, -0.1) is 0 Å². The lowest BCUT2D eigenvalue weighted by Gasteiger charge is -2.18. The lowest BCUT2D eigenvalue weighted by atomic mass is 10.0. The molecule has 4 rings (SSSR count). The number of hydrogen-bond acceptors (Lipinski definition) is 7. The van der Waals surface area contributed by atoms with E-state index in [2.05, 4.69) is 25.8 Å². The van der Waals surface area contributed by atoms with E-state index in [4.69, 9.17) is 9.15 Å². The number of amides is 2. The van der Waals surface area contributed by atoms with Crippen LogP contribution < -0.4 is 10.6 Å². The molecule has 0 aliphatic heterocycles. The summed E-state index contributed by atoms with van der Waals surface area (Å²) in [5.41, 5.74) is 2.37. The molecule has 1 unspecified atom stereocenters. The number of esters is 1. The van der Waals surface area contributed by atoms with Crippen LogP contribution in [0.1, 0.15) is 54.7 Å². The number of carbonyl (C=O) groups is 3. The summed E-state index contributed by atoms with van der Waals surface area (Å²) in [6.07, 6.45) is 3.61. The standard InChI is InChI=1S/C25H29N5O5/c1-13(2)21(25(33)34-4)28-23(32)20-12-26-24(35-20)17-7-5-6-16(10-17)18-11-19(30-29-18)22(31)27-14(3)15-8-9-15/h5-7,10-15,21H,8-9H2,1-4H3,(H,27,31)(H,28,32)(H,29,30)/t14-,21?/m1/s1. The predicted molar refractivity (Wildman–Crippen MR) is 127 cm³/mol. The van der Waals surface area contributed by atoms with Gasteiger partial charge in [-0.1, -0.05) is 26.0 Å². The van der Waals surface area contributed by atoms with E-state index in [1.165, 1.54) is 13.3 Å². The Morgan fingerprint density at radius 3 is 2.51 bits per heavy atom. The number of methoxy groups -OCH3 is 1. The zero-order chi connectivity index (χ0) is 25.1. The van der Waals surface area contributed by atoms with Gasteiger partial charge < -0.3 is 19.8 Å². The van der Waals surface area contributed by atoms with Gasteiger partial charge in [0.15, 0.2) is 0 Å². The summed E-state index contributed by atoms with van der Waals surface area (Å²) in [5, 5.41) is 12.7.